The molecule has 0 aliphatic heterocycles. The molecule has 0 aromatic carbocycles. The fraction of sp³-hybridized carbons (Fsp3) is 0.286. The van der Waals surface area contributed by atoms with Gasteiger partial charge in [-0.15, -0.1) is 11.6 Å². The third-order valence-corrected chi connectivity index (χ3v) is 1.64. The topological polar surface area (TPSA) is 12.9 Å². The number of halogens is 4. The van der Waals surface area contributed by atoms with Crippen molar-refractivity contribution in [3.05, 3.63) is 29.3 Å². The molecule has 0 radical (unpaired) electrons. The van der Waals surface area contributed by atoms with Gasteiger partial charge in [-0.3, -0.25) is 4.98 Å². The van der Waals surface area contributed by atoms with E-state index in [1.54, 1.807) is 0 Å². The van der Waals surface area contributed by atoms with Crippen LogP contribution in [0, 0.1) is 5.82 Å². The monoisotopic (exact) mass is 195 g/mol. The van der Waals surface area contributed by atoms with Crippen molar-refractivity contribution in [3.8, 4) is 0 Å². The Kier molecular flexibility index (Phi) is 2.92. The molecule has 0 amide bonds. The van der Waals surface area contributed by atoms with Crippen LogP contribution in [0.1, 0.15) is 17.7 Å². The lowest BCUT2D eigenvalue weighted by Gasteiger charge is -2.04. The molecule has 1 heterocycles. The molecule has 0 fully saturated rings. The summed E-state index contributed by atoms with van der Waals surface area (Å²) >= 11 is 5.27. The van der Waals surface area contributed by atoms with Crippen LogP contribution in [0.4, 0.5) is 13.2 Å². The fourth-order valence-corrected chi connectivity index (χ4v) is 1.07. The first-order chi connectivity index (χ1) is 5.66. The molecule has 1 nitrogen and oxygen atoms in total. The SMILES string of the molecule is Fc1ccnc(C(F)F)c1CCl. The summed E-state index contributed by atoms with van der Waals surface area (Å²) in [7, 11) is 0. The van der Waals surface area contributed by atoms with E-state index >= 15 is 0 Å². The van der Waals surface area contributed by atoms with Crippen LogP contribution in [0.25, 0.3) is 0 Å². The highest BCUT2D eigenvalue weighted by Gasteiger charge is 2.16. The summed E-state index contributed by atoms with van der Waals surface area (Å²) in [6, 6.07) is 1.00. The molecule has 0 aliphatic carbocycles. The number of rotatable bonds is 2. The normalized spacial score (nSPS) is 10.8. The van der Waals surface area contributed by atoms with Crippen LogP contribution in [-0.4, -0.2) is 4.98 Å². The first kappa shape index (κ1) is 9.32. The van der Waals surface area contributed by atoms with Crippen LogP contribution in [0.5, 0.6) is 0 Å². The van der Waals surface area contributed by atoms with Gasteiger partial charge in [0.25, 0.3) is 6.43 Å². The minimum atomic E-state index is -2.78. The molecule has 0 bridgehead atoms. The predicted octanol–water partition coefficient (Wildman–Crippen LogP) is 2.90. The van der Waals surface area contributed by atoms with E-state index in [-0.39, 0.29) is 11.4 Å². The molecule has 0 N–H and O–H groups in total. The molecule has 0 atom stereocenters. The molecular formula is C7H5ClF3N. The average molecular weight is 196 g/mol. The number of pyridine rings is 1. The molecule has 0 unspecified atom stereocenters. The summed E-state index contributed by atoms with van der Waals surface area (Å²) in [5, 5.41) is 0. The van der Waals surface area contributed by atoms with Crippen LogP contribution in [0.15, 0.2) is 12.3 Å². The van der Waals surface area contributed by atoms with Gasteiger partial charge in [0.2, 0.25) is 0 Å². The smallest absolute Gasteiger partial charge is 0.255 e. The summed E-state index contributed by atoms with van der Waals surface area (Å²) < 4.78 is 37.0. The van der Waals surface area contributed by atoms with Gasteiger partial charge in [-0.25, -0.2) is 13.2 Å². The summed E-state index contributed by atoms with van der Waals surface area (Å²) in [6.45, 7) is 0. The summed E-state index contributed by atoms with van der Waals surface area (Å²) in [5.74, 6) is -1.03. The molecule has 1 rings (SSSR count). The molecule has 0 spiro atoms. The van der Waals surface area contributed by atoms with Crippen LogP contribution < -0.4 is 0 Å². The third-order valence-electron chi connectivity index (χ3n) is 1.37. The van der Waals surface area contributed by atoms with Crippen molar-refractivity contribution in [1.29, 1.82) is 0 Å². The van der Waals surface area contributed by atoms with E-state index in [0.717, 1.165) is 12.3 Å². The number of hydrogen-bond acceptors (Lipinski definition) is 1. The van der Waals surface area contributed by atoms with E-state index in [4.69, 9.17) is 11.6 Å². The highest BCUT2D eigenvalue weighted by atomic mass is 35.5. The van der Waals surface area contributed by atoms with Crippen LogP contribution in [0.2, 0.25) is 0 Å². The first-order valence-electron chi connectivity index (χ1n) is 3.14. The largest absolute Gasteiger partial charge is 0.280 e. The van der Waals surface area contributed by atoms with Crippen molar-refractivity contribution in [2.24, 2.45) is 0 Å². The van der Waals surface area contributed by atoms with Crippen molar-refractivity contribution in [3.63, 3.8) is 0 Å². The Morgan fingerprint density at radius 3 is 2.58 bits per heavy atom. The molecule has 0 saturated carbocycles. The van der Waals surface area contributed by atoms with Crippen molar-refractivity contribution in [2.75, 3.05) is 0 Å². The Morgan fingerprint density at radius 2 is 2.17 bits per heavy atom. The van der Waals surface area contributed by atoms with Crippen molar-refractivity contribution in [1.82, 2.24) is 4.98 Å². The predicted molar refractivity (Wildman–Crippen MR) is 38.7 cm³/mol. The van der Waals surface area contributed by atoms with Gasteiger partial charge >= 0.3 is 0 Å². The van der Waals surface area contributed by atoms with Gasteiger partial charge in [0.05, 0.1) is 5.88 Å². The Hall–Kier alpha value is -0.770. The lowest BCUT2D eigenvalue weighted by atomic mass is 10.2. The number of nitrogens with zero attached hydrogens (tertiary/aromatic N) is 1. The molecule has 1 aromatic rings. The van der Waals surface area contributed by atoms with Crippen LogP contribution >= 0.6 is 11.6 Å². The maximum absolute atomic E-state index is 12.8. The molecule has 66 valence electrons. The van der Waals surface area contributed by atoms with E-state index in [9.17, 15) is 13.2 Å². The van der Waals surface area contributed by atoms with Gasteiger partial charge in [0.15, 0.2) is 0 Å². The van der Waals surface area contributed by atoms with Gasteiger partial charge in [-0.05, 0) is 6.07 Å². The van der Waals surface area contributed by atoms with Crippen LogP contribution in [-0.2, 0) is 5.88 Å². The fourth-order valence-electron chi connectivity index (χ4n) is 0.804. The minimum Gasteiger partial charge on any atom is -0.255 e. The number of aromatic nitrogens is 1. The second-order valence-corrected chi connectivity index (χ2v) is 2.36. The maximum atomic E-state index is 12.8. The van der Waals surface area contributed by atoms with E-state index in [1.165, 1.54) is 0 Å². The molecule has 1 aromatic heterocycles. The lowest BCUT2D eigenvalue weighted by Crippen LogP contribution is -1.99. The molecule has 12 heavy (non-hydrogen) atoms. The van der Waals surface area contributed by atoms with Gasteiger partial charge in [-0.2, -0.15) is 0 Å². The van der Waals surface area contributed by atoms with Gasteiger partial charge in [0.1, 0.15) is 11.5 Å². The van der Waals surface area contributed by atoms with E-state index < -0.39 is 17.9 Å². The first-order valence-corrected chi connectivity index (χ1v) is 3.67. The molecule has 5 heteroatoms. The van der Waals surface area contributed by atoms with Crippen LogP contribution in [0.3, 0.4) is 0 Å². The van der Waals surface area contributed by atoms with Gasteiger partial charge < -0.3 is 0 Å². The third kappa shape index (κ3) is 1.69. The second kappa shape index (κ2) is 3.76. The highest BCUT2D eigenvalue weighted by molar-refractivity contribution is 6.17. The van der Waals surface area contributed by atoms with Crippen molar-refractivity contribution < 1.29 is 13.2 Å². The zero-order valence-electron chi connectivity index (χ0n) is 5.90. The van der Waals surface area contributed by atoms with E-state index in [2.05, 4.69) is 4.98 Å². The highest BCUT2D eigenvalue weighted by Crippen LogP contribution is 2.23. The summed E-state index contributed by atoms with van der Waals surface area (Å²) in [4.78, 5) is 3.34. The Morgan fingerprint density at radius 1 is 1.50 bits per heavy atom. The summed E-state index contributed by atoms with van der Waals surface area (Å²) in [6.07, 6.45) is -1.79. The van der Waals surface area contributed by atoms with Gasteiger partial charge in [0, 0.05) is 11.8 Å². The summed E-state index contributed by atoms with van der Waals surface area (Å²) in [5.41, 5.74) is -0.806. The standard InChI is InChI=1S/C7H5ClF3N/c8-3-4-5(9)1-2-12-6(4)7(10)11/h1-2,7H,3H2. The van der Waals surface area contributed by atoms with Crippen molar-refractivity contribution >= 4 is 11.6 Å². The Bertz CT molecular complexity index is 277. The zero-order valence-corrected chi connectivity index (χ0v) is 6.65. The van der Waals surface area contributed by atoms with Crippen molar-refractivity contribution in [2.45, 2.75) is 12.3 Å². The second-order valence-electron chi connectivity index (χ2n) is 2.09. The average Bonchev–Trinajstić information content (AvgIpc) is 2.03. The Labute approximate surface area is 72.2 Å². The lowest BCUT2D eigenvalue weighted by molar-refractivity contribution is 0.144. The molecule has 0 saturated heterocycles. The van der Waals surface area contributed by atoms with E-state index in [0.29, 0.717) is 0 Å². The Balaban J connectivity index is 3.18. The molecule has 0 aliphatic rings. The quantitative estimate of drug-likeness (QED) is 0.662. The zero-order chi connectivity index (χ0) is 9.14. The number of hydrogen-bond donors (Lipinski definition) is 0. The van der Waals surface area contributed by atoms with Gasteiger partial charge in [-0.1, -0.05) is 0 Å². The maximum Gasteiger partial charge on any atom is 0.280 e. The minimum absolute atomic E-state index is 0.228. The number of alkyl halides is 3. The van der Waals surface area contributed by atoms with E-state index in [1.807, 2.05) is 0 Å². The molecular weight excluding hydrogens is 191 g/mol.